The molecule has 1 aromatic carbocycles. The van der Waals surface area contributed by atoms with Gasteiger partial charge in [0.2, 0.25) is 0 Å². The van der Waals surface area contributed by atoms with Gasteiger partial charge in [0.15, 0.2) is 5.75 Å². The first-order valence-electron chi connectivity index (χ1n) is 11.9. The number of benzene rings is 1. The van der Waals surface area contributed by atoms with Gasteiger partial charge in [0.25, 0.3) is 17.4 Å². The highest BCUT2D eigenvalue weighted by atomic mass is 19.1. The number of hydrogen-bond donors (Lipinski definition) is 2. The van der Waals surface area contributed by atoms with Gasteiger partial charge >= 0.3 is 0 Å². The Balaban J connectivity index is 1.66. The molecular formula is C26H30FN5O5. The third-order valence-corrected chi connectivity index (χ3v) is 6.57. The number of aromatic hydroxyl groups is 1. The van der Waals surface area contributed by atoms with Crippen LogP contribution >= 0.6 is 0 Å². The summed E-state index contributed by atoms with van der Waals surface area (Å²) in [5, 5.41) is 13.2. The van der Waals surface area contributed by atoms with Gasteiger partial charge in [-0.1, -0.05) is 6.07 Å². The molecule has 1 fully saturated rings. The Bertz CT molecular complexity index is 1400. The summed E-state index contributed by atoms with van der Waals surface area (Å²) in [6.07, 6.45) is 1.76. The van der Waals surface area contributed by atoms with E-state index < -0.39 is 28.6 Å². The fraction of sp³-hybridized carbons (Fsp3) is 0.385. The molecule has 3 heterocycles. The fourth-order valence-corrected chi connectivity index (χ4v) is 4.39. The SMILES string of the molecule is COCCNC(=O)c1c(O)c2ncc(Cc3ccc(F)cc3C(=O)N3CCN(C)CC3)cc2n(C)c1=O. The van der Waals surface area contributed by atoms with E-state index in [1.807, 2.05) is 7.05 Å². The zero-order chi connectivity index (χ0) is 26.7. The number of halogens is 1. The molecule has 2 aromatic heterocycles. The molecule has 37 heavy (non-hydrogen) atoms. The van der Waals surface area contributed by atoms with E-state index in [-0.39, 0.29) is 36.6 Å². The minimum absolute atomic E-state index is 0.0931. The van der Waals surface area contributed by atoms with Crippen LogP contribution in [0.1, 0.15) is 31.8 Å². The summed E-state index contributed by atoms with van der Waals surface area (Å²) in [6.45, 7) is 3.04. The summed E-state index contributed by atoms with van der Waals surface area (Å²) >= 11 is 0. The van der Waals surface area contributed by atoms with E-state index >= 15 is 0 Å². The summed E-state index contributed by atoms with van der Waals surface area (Å²) in [7, 11) is 4.96. The van der Waals surface area contributed by atoms with Gasteiger partial charge in [-0.05, 0) is 42.8 Å². The largest absolute Gasteiger partial charge is 0.505 e. The van der Waals surface area contributed by atoms with Crippen LogP contribution in [0.15, 0.2) is 35.3 Å². The van der Waals surface area contributed by atoms with Crippen LogP contribution in [0.5, 0.6) is 5.75 Å². The zero-order valence-corrected chi connectivity index (χ0v) is 21.1. The Hall–Kier alpha value is -3.83. The number of carbonyl (C=O) groups excluding carboxylic acids is 2. The molecule has 0 unspecified atom stereocenters. The number of piperazine rings is 1. The zero-order valence-electron chi connectivity index (χ0n) is 21.1. The molecule has 1 aliphatic heterocycles. The highest BCUT2D eigenvalue weighted by Gasteiger charge is 2.24. The maximum atomic E-state index is 14.1. The number of ether oxygens (including phenoxy) is 1. The average Bonchev–Trinajstić information content (AvgIpc) is 2.88. The number of nitrogens with zero attached hydrogens (tertiary/aromatic N) is 4. The standard InChI is InChI=1S/C26H30FN5O5/c1-30-7-9-32(10-8-30)25(35)19-14-18(27)5-4-17(19)12-16-13-20-22(29-15-16)23(33)21(26(36)31(20)2)24(34)28-6-11-37-3/h4-5,13-15,33H,6-12H2,1-3H3,(H,28,34). The van der Waals surface area contributed by atoms with Gasteiger partial charge in [-0.15, -0.1) is 0 Å². The normalized spacial score (nSPS) is 14.2. The number of rotatable bonds is 7. The van der Waals surface area contributed by atoms with Crippen LogP contribution < -0.4 is 10.9 Å². The van der Waals surface area contributed by atoms with Gasteiger partial charge in [-0.25, -0.2) is 4.39 Å². The first kappa shape index (κ1) is 26.2. The minimum Gasteiger partial charge on any atom is -0.505 e. The molecule has 10 nitrogen and oxygen atoms in total. The van der Waals surface area contributed by atoms with Crippen LogP contribution in [-0.4, -0.2) is 89.8 Å². The van der Waals surface area contributed by atoms with Crippen molar-refractivity contribution >= 4 is 22.8 Å². The Morgan fingerprint density at radius 1 is 1.16 bits per heavy atom. The van der Waals surface area contributed by atoms with E-state index in [9.17, 15) is 23.9 Å². The summed E-state index contributed by atoms with van der Waals surface area (Å²) in [6, 6.07) is 5.80. The van der Waals surface area contributed by atoms with E-state index in [4.69, 9.17) is 4.74 Å². The first-order chi connectivity index (χ1) is 17.7. The molecule has 2 amide bonds. The Morgan fingerprint density at radius 3 is 2.59 bits per heavy atom. The van der Waals surface area contributed by atoms with Crippen molar-refractivity contribution in [2.75, 3.05) is 53.5 Å². The van der Waals surface area contributed by atoms with Crippen molar-refractivity contribution in [1.82, 2.24) is 24.7 Å². The second kappa shape index (κ2) is 11.1. The van der Waals surface area contributed by atoms with Crippen LogP contribution in [-0.2, 0) is 18.2 Å². The summed E-state index contributed by atoms with van der Waals surface area (Å²) in [5.74, 6) is -1.96. The van der Waals surface area contributed by atoms with Crippen LogP contribution in [0.3, 0.4) is 0 Å². The molecular weight excluding hydrogens is 481 g/mol. The van der Waals surface area contributed by atoms with E-state index in [0.29, 0.717) is 29.7 Å². The van der Waals surface area contributed by atoms with Gasteiger partial charge < -0.3 is 29.5 Å². The maximum Gasteiger partial charge on any atom is 0.267 e. The van der Waals surface area contributed by atoms with Gasteiger partial charge in [-0.3, -0.25) is 19.4 Å². The molecule has 11 heteroatoms. The van der Waals surface area contributed by atoms with Crippen molar-refractivity contribution in [3.63, 3.8) is 0 Å². The first-order valence-corrected chi connectivity index (χ1v) is 11.9. The molecule has 1 saturated heterocycles. The Labute approximate surface area is 213 Å². The highest BCUT2D eigenvalue weighted by Crippen LogP contribution is 2.26. The molecule has 0 saturated carbocycles. The molecule has 1 aliphatic rings. The third-order valence-electron chi connectivity index (χ3n) is 6.57. The van der Waals surface area contributed by atoms with Gasteiger partial charge in [0, 0.05) is 58.6 Å². The maximum absolute atomic E-state index is 14.1. The van der Waals surface area contributed by atoms with Crippen molar-refractivity contribution in [3.8, 4) is 5.75 Å². The number of aryl methyl sites for hydroxylation is 1. The summed E-state index contributed by atoms with van der Waals surface area (Å²) < 4.78 is 20.3. The number of pyridine rings is 2. The second-order valence-electron chi connectivity index (χ2n) is 9.12. The van der Waals surface area contributed by atoms with Gasteiger partial charge in [0.05, 0.1) is 12.1 Å². The third kappa shape index (κ3) is 5.47. The summed E-state index contributed by atoms with van der Waals surface area (Å²) in [5.41, 5.74) is 0.896. The number of nitrogens with one attached hydrogen (secondary N) is 1. The van der Waals surface area contributed by atoms with Crippen LogP contribution in [0.25, 0.3) is 11.0 Å². The number of amides is 2. The lowest BCUT2D eigenvalue weighted by Crippen LogP contribution is -2.47. The second-order valence-corrected chi connectivity index (χ2v) is 9.12. The molecule has 0 bridgehead atoms. The van der Waals surface area contributed by atoms with Crippen LogP contribution in [0, 0.1) is 5.82 Å². The molecule has 0 aliphatic carbocycles. The van der Waals surface area contributed by atoms with Crippen LogP contribution in [0.2, 0.25) is 0 Å². The van der Waals surface area contributed by atoms with E-state index in [1.54, 1.807) is 17.0 Å². The number of hydrogen-bond acceptors (Lipinski definition) is 7. The van der Waals surface area contributed by atoms with Crippen molar-refractivity contribution in [2.45, 2.75) is 6.42 Å². The Morgan fingerprint density at radius 2 is 1.89 bits per heavy atom. The molecule has 0 spiro atoms. The number of fused-ring (bicyclic) bond motifs is 1. The van der Waals surface area contributed by atoms with E-state index in [0.717, 1.165) is 13.1 Å². The molecule has 196 valence electrons. The average molecular weight is 512 g/mol. The van der Waals surface area contributed by atoms with Gasteiger partial charge in [0.1, 0.15) is 16.9 Å². The number of methoxy groups -OCH3 is 1. The quantitative estimate of drug-likeness (QED) is 0.457. The molecule has 2 N–H and O–H groups in total. The molecule has 3 aromatic rings. The summed E-state index contributed by atoms with van der Waals surface area (Å²) in [4.78, 5) is 46.8. The topological polar surface area (TPSA) is 117 Å². The van der Waals surface area contributed by atoms with Gasteiger partial charge in [-0.2, -0.15) is 0 Å². The molecule has 0 radical (unpaired) electrons. The van der Waals surface area contributed by atoms with E-state index in [2.05, 4.69) is 15.2 Å². The molecule has 4 rings (SSSR count). The lowest BCUT2D eigenvalue weighted by molar-refractivity contribution is 0.0662. The van der Waals surface area contributed by atoms with Crippen molar-refractivity contribution in [1.29, 1.82) is 0 Å². The molecule has 0 atom stereocenters. The highest BCUT2D eigenvalue weighted by molar-refractivity contribution is 6.01. The predicted octanol–water partition coefficient (Wildman–Crippen LogP) is 1.13. The van der Waals surface area contributed by atoms with Crippen molar-refractivity contribution < 1.29 is 23.8 Å². The van der Waals surface area contributed by atoms with Crippen molar-refractivity contribution in [3.05, 3.63) is 68.9 Å². The van der Waals surface area contributed by atoms with E-state index in [1.165, 1.54) is 37.1 Å². The smallest absolute Gasteiger partial charge is 0.267 e. The number of carbonyl (C=O) groups is 2. The predicted molar refractivity (Wildman–Crippen MR) is 135 cm³/mol. The lowest BCUT2D eigenvalue weighted by Gasteiger charge is -2.32. The Kier molecular flexibility index (Phi) is 7.84. The number of aromatic nitrogens is 2. The monoisotopic (exact) mass is 511 g/mol. The lowest BCUT2D eigenvalue weighted by atomic mass is 9.98. The van der Waals surface area contributed by atoms with Crippen LogP contribution in [0.4, 0.5) is 4.39 Å². The number of likely N-dealkylation sites (N-methyl/N-ethyl adjacent to an activating group) is 1. The van der Waals surface area contributed by atoms with Crippen molar-refractivity contribution in [2.24, 2.45) is 7.05 Å². The minimum atomic E-state index is -0.721. The fourth-order valence-electron chi connectivity index (χ4n) is 4.39.